The second-order valence-electron chi connectivity index (χ2n) is 5.90. The fourth-order valence-electron chi connectivity index (χ4n) is 2.97. The van der Waals surface area contributed by atoms with E-state index in [0.717, 1.165) is 12.8 Å². The van der Waals surface area contributed by atoms with Gasteiger partial charge in [-0.25, -0.2) is 0 Å². The van der Waals surface area contributed by atoms with E-state index in [4.69, 9.17) is 4.52 Å². The van der Waals surface area contributed by atoms with Crippen molar-refractivity contribution in [2.45, 2.75) is 32.1 Å². The zero-order valence-corrected chi connectivity index (χ0v) is 13.3. The van der Waals surface area contributed by atoms with Crippen molar-refractivity contribution in [2.75, 3.05) is 13.1 Å². The summed E-state index contributed by atoms with van der Waals surface area (Å²) in [4.78, 5) is 29.0. The highest BCUT2D eigenvalue weighted by atomic mass is 16.6. The summed E-state index contributed by atoms with van der Waals surface area (Å²) in [6, 6.07) is 6.36. The van der Waals surface area contributed by atoms with Gasteiger partial charge in [0, 0.05) is 30.6 Å². The molecule has 1 aliphatic heterocycles. The van der Waals surface area contributed by atoms with E-state index in [2.05, 4.69) is 10.1 Å². The summed E-state index contributed by atoms with van der Waals surface area (Å²) < 4.78 is 5.20. The van der Waals surface area contributed by atoms with Gasteiger partial charge >= 0.3 is 0 Å². The van der Waals surface area contributed by atoms with Crippen LogP contribution in [-0.2, 0) is 11.2 Å². The molecule has 0 radical (unpaired) electrons. The Kier molecular flexibility index (Phi) is 4.54. The van der Waals surface area contributed by atoms with Crippen LogP contribution in [0, 0.1) is 17.0 Å². The van der Waals surface area contributed by atoms with Crippen LogP contribution in [0.5, 0.6) is 0 Å². The number of carbonyl (C=O) groups is 1. The summed E-state index contributed by atoms with van der Waals surface area (Å²) in [6.07, 6.45) is 1.55. The summed E-state index contributed by atoms with van der Waals surface area (Å²) in [6.45, 7) is 2.95. The van der Waals surface area contributed by atoms with Crippen LogP contribution in [0.25, 0.3) is 0 Å². The number of carbonyl (C=O) groups excluding carboxylic acids is 1. The first-order valence-corrected chi connectivity index (χ1v) is 7.85. The lowest BCUT2D eigenvalue weighted by atomic mass is 9.96. The molecule has 1 amide bonds. The van der Waals surface area contributed by atoms with Crippen molar-refractivity contribution in [3.8, 4) is 0 Å². The number of nitro benzene ring substituents is 1. The Morgan fingerprint density at radius 1 is 1.38 bits per heavy atom. The first kappa shape index (κ1) is 16.1. The highest BCUT2D eigenvalue weighted by Gasteiger charge is 2.28. The molecule has 0 saturated carbocycles. The number of piperidine rings is 1. The van der Waals surface area contributed by atoms with Crippen molar-refractivity contribution >= 4 is 11.6 Å². The van der Waals surface area contributed by atoms with Crippen LogP contribution in [0.1, 0.15) is 36.0 Å². The van der Waals surface area contributed by atoms with Crippen LogP contribution >= 0.6 is 0 Å². The average Bonchev–Trinajstić information content (AvgIpc) is 3.02. The number of benzene rings is 1. The lowest BCUT2D eigenvalue weighted by Gasteiger charge is -2.30. The molecule has 0 aliphatic carbocycles. The molecule has 0 atom stereocenters. The van der Waals surface area contributed by atoms with Crippen LogP contribution in [0.15, 0.2) is 28.8 Å². The molecule has 2 heterocycles. The molecule has 8 nitrogen and oxygen atoms in total. The van der Waals surface area contributed by atoms with E-state index in [1.54, 1.807) is 30.0 Å². The Morgan fingerprint density at radius 2 is 2.08 bits per heavy atom. The number of amides is 1. The van der Waals surface area contributed by atoms with Crippen molar-refractivity contribution in [2.24, 2.45) is 0 Å². The molecular formula is C16H18N4O4. The van der Waals surface area contributed by atoms with E-state index in [-0.39, 0.29) is 23.9 Å². The summed E-state index contributed by atoms with van der Waals surface area (Å²) >= 11 is 0. The number of rotatable bonds is 4. The molecule has 2 aromatic rings. The highest BCUT2D eigenvalue weighted by Crippen LogP contribution is 2.27. The van der Waals surface area contributed by atoms with Gasteiger partial charge < -0.3 is 9.42 Å². The normalized spacial score (nSPS) is 15.5. The molecule has 0 unspecified atom stereocenters. The third-order valence-corrected chi connectivity index (χ3v) is 4.27. The molecule has 1 aromatic heterocycles. The van der Waals surface area contributed by atoms with Crippen molar-refractivity contribution in [1.29, 1.82) is 0 Å². The molecule has 1 fully saturated rings. The van der Waals surface area contributed by atoms with Gasteiger partial charge in [0.1, 0.15) is 0 Å². The Labute approximate surface area is 138 Å². The Morgan fingerprint density at radius 3 is 2.71 bits per heavy atom. The number of hydrogen-bond acceptors (Lipinski definition) is 6. The zero-order valence-electron chi connectivity index (χ0n) is 13.3. The van der Waals surface area contributed by atoms with E-state index in [0.29, 0.717) is 30.4 Å². The molecule has 1 aromatic carbocycles. The third kappa shape index (κ3) is 3.42. The van der Waals surface area contributed by atoms with Crippen LogP contribution in [0.4, 0.5) is 5.69 Å². The van der Waals surface area contributed by atoms with Gasteiger partial charge in [0.2, 0.25) is 11.8 Å². The van der Waals surface area contributed by atoms with E-state index >= 15 is 0 Å². The molecule has 126 valence electrons. The molecule has 24 heavy (non-hydrogen) atoms. The lowest BCUT2D eigenvalue weighted by Crippen LogP contribution is -2.38. The minimum absolute atomic E-state index is 0.0120. The van der Waals surface area contributed by atoms with E-state index in [1.165, 1.54) is 6.07 Å². The predicted octanol–water partition coefficient (Wildman–Crippen LogP) is 2.23. The second kappa shape index (κ2) is 6.77. The second-order valence-corrected chi connectivity index (χ2v) is 5.90. The van der Waals surface area contributed by atoms with Crippen molar-refractivity contribution in [1.82, 2.24) is 15.0 Å². The number of para-hydroxylation sites is 1. The monoisotopic (exact) mass is 330 g/mol. The molecule has 0 bridgehead atoms. The van der Waals surface area contributed by atoms with Gasteiger partial charge in [-0.05, 0) is 19.8 Å². The van der Waals surface area contributed by atoms with Crippen LogP contribution in [-0.4, -0.2) is 39.0 Å². The average molecular weight is 330 g/mol. The van der Waals surface area contributed by atoms with Gasteiger partial charge in [-0.1, -0.05) is 23.4 Å². The van der Waals surface area contributed by atoms with Crippen LogP contribution in [0.3, 0.4) is 0 Å². The molecule has 1 aliphatic rings. The number of nitrogens with zero attached hydrogens (tertiary/aromatic N) is 4. The fourth-order valence-corrected chi connectivity index (χ4v) is 2.97. The van der Waals surface area contributed by atoms with E-state index in [1.807, 2.05) is 0 Å². The maximum absolute atomic E-state index is 12.4. The van der Waals surface area contributed by atoms with Gasteiger partial charge in [0.05, 0.1) is 11.3 Å². The van der Waals surface area contributed by atoms with Gasteiger partial charge in [-0.3, -0.25) is 14.9 Å². The van der Waals surface area contributed by atoms with Gasteiger partial charge in [-0.2, -0.15) is 4.98 Å². The number of aryl methyl sites for hydroxylation is 1. The largest absolute Gasteiger partial charge is 0.342 e. The SMILES string of the molecule is Cc1noc(C2CCN(C(=O)Cc3ccccc3[N+](=O)[O-])CC2)n1. The Bertz CT molecular complexity index is 750. The van der Waals surface area contributed by atoms with E-state index < -0.39 is 4.92 Å². The van der Waals surface area contributed by atoms with Crippen LogP contribution in [0.2, 0.25) is 0 Å². The van der Waals surface area contributed by atoms with Gasteiger partial charge in [0.25, 0.3) is 5.69 Å². The van der Waals surface area contributed by atoms with Crippen molar-refractivity contribution in [3.05, 3.63) is 51.7 Å². The summed E-state index contributed by atoms with van der Waals surface area (Å²) in [5.41, 5.74) is 0.434. The Hall–Kier alpha value is -2.77. The first-order chi connectivity index (χ1) is 11.5. The predicted molar refractivity (Wildman–Crippen MR) is 84.4 cm³/mol. The van der Waals surface area contributed by atoms with E-state index in [9.17, 15) is 14.9 Å². The summed E-state index contributed by atoms with van der Waals surface area (Å²) in [5.74, 6) is 1.31. The quantitative estimate of drug-likeness (QED) is 0.629. The van der Waals surface area contributed by atoms with Gasteiger partial charge in [-0.15, -0.1) is 0 Å². The molecule has 0 spiro atoms. The highest BCUT2D eigenvalue weighted by molar-refractivity contribution is 5.80. The van der Waals surface area contributed by atoms with Crippen LogP contribution < -0.4 is 0 Å². The molecular weight excluding hydrogens is 312 g/mol. The van der Waals surface area contributed by atoms with Crippen molar-refractivity contribution < 1.29 is 14.2 Å². The maximum Gasteiger partial charge on any atom is 0.273 e. The van der Waals surface area contributed by atoms with Gasteiger partial charge in [0.15, 0.2) is 5.82 Å². The third-order valence-electron chi connectivity index (χ3n) is 4.27. The minimum atomic E-state index is -0.452. The molecule has 3 rings (SSSR count). The molecule has 1 saturated heterocycles. The Balaban J connectivity index is 1.61. The zero-order chi connectivity index (χ0) is 17.1. The molecule has 8 heteroatoms. The first-order valence-electron chi connectivity index (χ1n) is 7.85. The minimum Gasteiger partial charge on any atom is -0.342 e. The van der Waals surface area contributed by atoms with Crippen molar-refractivity contribution in [3.63, 3.8) is 0 Å². The number of nitro groups is 1. The standard InChI is InChI=1S/C16H18N4O4/c1-11-17-16(24-18-11)12-6-8-19(9-7-12)15(21)10-13-4-2-3-5-14(13)20(22)23/h2-5,12H,6-10H2,1H3. The topological polar surface area (TPSA) is 102 Å². The number of likely N-dealkylation sites (tertiary alicyclic amines) is 1. The number of aromatic nitrogens is 2. The number of hydrogen-bond donors (Lipinski definition) is 0. The lowest BCUT2D eigenvalue weighted by molar-refractivity contribution is -0.385. The maximum atomic E-state index is 12.4. The summed E-state index contributed by atoms with van der Waals surface area (Å²) in [7, 11) is 0. The smallest absolute Gasteiger partial charge is 0.273 e. The molecule has 0 N–H and O–H groups in total. The summed E-state index contributed by atoms with van der Waals surface area (Å²) in [5, 5.41) is 14.8. The fraction of sp³-hybridized carbons (Fsp3) is 0.438.